The lowest BCUT2D eigenvalue weighted by Gasteiger charge is -2.31. The van der Waals surface area contributed by atoms with Crippen LogP contribution >= 0.6 is 0 Å². The highest BCUT2D eigenvalue weighted by molar-refractivity contribution is 5.67. The Morgan fingerprint density at radius 2 is 1.78 bits per heavy atom. The summed E-state index contributed by atoms with van der Waals surface area (Å²) in [6.07, 6.45) is -3.16. The first-order valence-electron chi connectivity index (χ1n) is 12.4. The van der Waals surface area contributed by atoms with Crippen LogP contribution in [0.4, 0.5) is 13.2 Å². The summed E-state index contributed by atoms with van der Waals surface area (Å²) in [6, 6.07) is 11.8. The third kappa shape index (κ3) is 8.05. The number of carbonyl (C=O) groups is 1. The Labute approximate surface area is 210 Å². The van der Waals surface area contributed by atoms with Crippen molar-refractivity contribution < 1.29 is 32.9 Å². The summed E-state index contributed by atoms with van der Waals surface area (Å²) in [4.78, 5) is 11.0. The molecular formula is C28H36F3NO4. The van der Waals surface area contributed by atoms with Crippen molar-refractivity contribution in [3.63, 3.8) is 0 Å². The maximum atomic E-state index is 13.1. The first-order chi connectivity index (χ1) is 16.8. The molecule has 0 amide bonds. The van der Waals surface area contributed by atoms with E-state index in [4.69, 9.17) is 9.84 Å². The Bertz CT molecular complexity index is 1010. The third-order valence-corrected chi connectivity index (χ3v) is 6.81. The molecule has 0 aliphatic heterocycles. The molecule has 0 unspecified atom stereocenters. The lowest BCUT2D eigenvalue weighted by atomic mass is 9.88. The van der Waals surface area contributed by atoms with Crippen LogP contribution in [-0.2, 0) is 35.0 Å². The number of nitrogens with one attached hydrogen (secondary N) is 1. The fourth-order valence-corrected chi connectivity index (χ4v) is 5.02. The molecule has 0 radical (unpaired) electrons. The molecule has 36 heavy (non-hydrogen) atoms. The lowest BCUT2D eigenvalue weighted by molar-refractivity contribution is -0.137. The van der Waals surface area contributed by atoms with Crippen LogP contribution in [0.15, 0.2) is 42.5 Å². The van der Waals surface area contributed by atoms with E-state index in [1.165, 1.54) is 17.2 Å². The van der Waals surface area contributed by atoms with Crippen molar-refractivity contribution in [1.29, 1.82) is 0 Å². The molecule has 0 saturated heterocycles. The van der Waals surface area contributed by atoms with Crippen LogP contribution in [0.1, 0.15) is 67.5 Å². The number of halogens is 3. The van der Waals surface area contributed by atoms with E-state index < -0.39 is 29.9 Å². The van der Waals surface area contributed by atoms with Crippen LogP contribution in [0.25, 0.3) is 0 Å². The maximum Gasteiger partial charge on any atom is 0.416 e. The number of β-amino-alcohol motifs (C(OH)–C–C–N with tert-alkyl or cyclic N) is 1. The molecule has 0 aromatic heterocycles. The van der Waals surface area contributed by atoms with Gasteiger partial charge in [0.15, 0.2) is 0 Å². The fourth-order valence-electron chi connectivity index (χ4n) is 5.02. The predicted molar refractivity (Wildman–Crippen MR) is 132 cm³/mol. The molecule has 3 N–H and O–H groups in total. The van der Waals surface area contributed by atoms with E-state index in [1.54, 1.807) is 6.92 Å². The van der Waals surface area contributed by atoms with Gasteiger partial charge in [-0.1, -0.05) is 30.3 Å². The van der Waals surface area contributed by atoms with Crippen molar-refractivity contribution in [2.24, 2.45) is 5.92 Å². The van der Waals surface area contributed by atoms with Gasteiger partial charge in [0.05, 0.1) is 24.4 Å². The van der Waals surface area contributed by atoms with Gasteiger partial charge in [-0.15, -0.1) is 0 Å². The van der Waals surface area contributed by atoms with E-state index in [2.05, 4.69) is 43.4 Å². The molecule has 0 heterocycles. The Hall–Kier alpha value is -2.42. The minimum Gasteiger partial charge on any atom is -0.481 e. The molecule has 198 valence electrons. The maximum absolute atomic E-state index is 13.1. The number of fused-ring (bicyclic) bond motifs is 1. The Morgan fingerprint density at radius 1 is 1.14 bits per heavy atom. The van der Waals surface area contributed by atoms with Crippen molar-refractivity contribution in [2.45, 2.75) is 76.8 Å². The zero-order chi connectivity index (χ0) is 26.5. The van der Waals surface area contributed by atoms with Gasteiger partial charge in [-0.3, -0.25) is 4.79 Å². The van der Waals surface area contributed by atoms with Gasteiger partial charge in [0.1, 0.15) is 0 Å². The highest BCUT2D eigenvalue weighted by atomic mass is 19.4. The predicted octanol–water partition coefficient (Wildman–Crippen LogP) is 5.33. The van der Waals surface area contributed by atoms with E-state index >= 15 is 0 Å². The number of aliphatic hydroxyl groups excluding tert-OH is 1. The molecule has 0 spiro atoms. The normalized spacial score (nSPS) is 16.1. The number of carboxylic acids is 1. The van der Waals surface area contributed by atoms with E-state index in [0.29, 0.717) is 18.0 Å². The smallest absolute Gasteiger partial charge is 0.416 e. The van der Waals surface area contributed by atoms with Gasteiger partial charge in [0.2, 0.25) is 0 Å². The highest BCUT2D eigenvalue weighted by Crippen LogP contribution is 2.34. The largest absolute Gasteiger partial charge is 0.481 e. The van der Waals surface area contributed by atoms with Crippen LogP contribution in [0, 0.1) is 5.92 Å². The molecule has 5 nitrogen and oxygen atoms in total. The Morgan fingerprint density at radius 3 is 2.36 bits per heavy atom. The van der Waals surface area contributed by atoms with Crippen molar-refractivity contribution in [3.05, 3.63) is 70.3 Å². The number of benzene rings is 2. The molecule has 0 fully saturated rings. The van der Waals surface area contributed by atoms with Gasteiger partial charge < -0.3 is 20.3 Å². The lowest BCUT2D eigenvalue weighted by Crippen LogP contribution is -2.45. The van der Waals surface area contributed by atoms with Crippen molar-refractivity contribution in [3.8, 4) is 0 Å². The van der Waals surface area contributed by atoms with Gasteiger partial charge in [-0.05, 0) is 86.8 Å². The van der Waals surface area contributed by atoms with Gasteiger partial charge in [-0.2, -0.15) is 13.2 Å². The standard InChI is InChI=1S/C28H36F3NO4/c1-18(25-10-9-23(28(29,30)31)14-22(25)8-11-26(34)35)36-17-24(33)16-32-27(2,3)15-19-12-20-6-4-5-7-21(20)13-19/h4-7,9-10,14,18-19,24,32-33H,8,11-13,15-17H2,1-3H3,(H,34,35)/t18-,24+/m1/s1. The molecule has 0 bridgehead atoms. The first kappa shape index (κ1) is 28.2. The molecule has 3 rings (SSSR count). The van der Waals surface area contributed by atoms with Crippen molar-refractivity contribution in [2.75, 3.05) is 13.2 Å². The summed E-state index contributed by atoms with van der Waals surface area (Å²) < 4.78 is 45.2. The summed E-state index contributed by atoms with van der Waals surface area (Å²) in [5.74, 6) is -0.542. The number of carboxylic acid groups (broad SMARTS) is 1. The number of aliphatic hydroxyl groups is 1. The minimum atomic E-state index is -4.52. The number of aliphatic carboxylic acids is 1. The molecule has 1 aliphatic rings. The summed E-state index contributed by atoms with van der Waals surface area (Å²) in [5, 5.41) is 22.9. The second-order valence-corrected chi connectivity index (χ2v) is 10.4. The van der Waals surface area contributed by atoms with Crippen molar-refractivity contribution in [1.82, 2.24) is 5.32 Å². The average Bonchev–Trinajstić information content (AvgIpc) is 3.20. The zero-order valence-corrected chi connectivity index (χ0v) is 21.1. The molecule has 1 aliphatic carbocycles. The second kappa shape index (κ2) is 11.8. The van der Waals surface area contributed by atoms with Gasteiger partial charge >= 0.3 is 12.1 Å². The molecular weight excluding hydrogens is 471 g/mol. The molecule has 2 atom stereocenters. The monoisotopic (exact) mass is 507 g/mol. The van der Waals surface area contributed by atoms with Crippen LogP contribution in [-0.4, -0.2) is 41.0 Å². The number of alkyl halides is 3. The molecule has 2 aromatic rings. The van der Waals surface area contributed by atoms with E-state index in [-0.39, 0.29) is 30.6 Å². The summed E-state index contributed by atoms with van der Waals surface area (Å²) in [7, 11) is 0. The molecule has 8 heteroatoms. The van der Waals surface area contributed by atoms with E-state index in [1.807, 2.05) is 0 Å². The number of aryl methyl sites for hydroxylation is 1. The van der Waals surface area contributed by atoms with E-state index in [9.17, 15) is 23.1 Å². The van der Waals surface area contributed by atoms with Gasteiger partial charge in [0.25, 0.3) is 0 Å². The Kier molecular flexibility index (Phi) is 9.19. The van der Waals surface area contributed by atoms with Crippen LogP contribution in [0.3, 0.4) is 0 Å². The quantitative estimate of drug-likeness (QED) is 0.362. The number of hydrogen-bond acceptors (Lipinski definition) is 4. The topological polar surface area (TPSA) is 78.8 Å². The third-order valence-electron chi connectivity index (χ3n) is 6.81. The summed E-state index contributed by atoms with van der Waals surface area (Å²) >= 11 is 0. The van der Waals surface area contributed by atoms with Gasteiger partial charge in [-0.25, -0.2) is 0 Å². The highest BCUT2D eigenvalue weighted by Gasteiger charge is 2.32. The summed E-state index contributed by atoms with van der Waals surface area (Å²) in [6.45, 7) is 6.23. The molecule has 2 aromatic carbocycles. The SMILES string of the molecule is C[C@@H](OC[C@@H](O)CNC(C)(C)CC1Cc2ccccc2C1)c1ccc(C(F)(F)F)cc1CCC(=O)O. The minimum absolute atomic E-state index is 0.00148. The second-order valence-electron chi connectivity index (χ2n) is 10.4. The van der Waals surface area contributed by atoms with Crippen molar-refractivity contribution >= 4 is 5.97 Å². The Balaban J connectivity index is 1.51. The molecule has 0 saturated carbocycles. The number of ether oxygens (including phenoxy) is 1. The van der Waals surface area contributed by atoms with Crippen LogP contribution in [0.5, 0.6) is 0 Å². The van der Waals surface area contributed by atoms with Crippen LogP contribution < -0.4 is 5.32 Å². The zero-order valence-electron chi connectivity index (χ0n) is 21.1. The summed E-state index contributed by atoms with van der Waals surface area (Å²) in [5.41, 5.74) is 2.59. The first-order valence-corrected chi connectivity index (χ1v) is 12.4. The number of hydrogen-bond donors (Lipinski definition) is 3. The fraction of sp³-hybridized carbons (Fsp3) is 0.536. The van der Waals surface area contributed by atoms with E-state index in [0.717, 1.165) is 31.4 Å². The average molecular weight is 508 g/mol. The number of rotatable bonds is 12. The van der Waals surface area contributed by atoms with Gasteiger partial charge in [0, 0.05) is 18.5 Å². The van der Waals surface area contributed by atoms with Crippen LogP contribution in [0.2, 0.25) is 0 Å².